The minimum Gasteiger partial charge on any atom is -0.497 e. The number of oxime groups is 1. The van der Waals surface area contributed by atoms with E-state index >= 15 is 0 Å². The van der Waals surface area contributed by atoms with Crippen molar-refractivity contribution in [3.8, 4) is 23.0 Å². The topological polar surface area (TPSA) is 158 Å². The fraction of sp³-hybridized carbons (Fsp3) is 0.596. The first-order valence-corrected chi connectivity index (χ1v) is 21.9. The predicted octanol–water partition coefficient (Wildman–Crippen LogP) is 8.40. The minimum atomic E-state index is -1.34. The summed E-state index contributed by atoms with van der Waals surface area (Å²) in [6.45, 7) is 6.63. The van der Waals surface area contributed by atoms with E-state index < -0.39 is 23.8 Å². The van der Waals surface area contributed by atoms with Gasteiger partial charge in [-0.3, -0.25) is 10.1 Å². The molecule has 2 saturated carbocycles. The zero-order chi connectivity index (χ0) is 42.6. The average molecular weight is 832 g/mol. The maximum absolute atomic E-state index is 14.3. The molecule has 6 atom stereocenters. The predicted molar refractivity (Wildman–Crippen MR) is 230 cm³/mol. The molecule has 2 amide bonds. The third-order valence-electron chi connectivity index (χ3n) is 12.9. The molecule has 328 valence electrons. The van der Waals surface area contributed by atoms with Crippen LogP contribution in [0.1, 0.15) is 102 Å². The SMILES string of the molecule is C=CCOC12Oc3ccc(OC(=O)Nc4ccc(OC)cc4OC)cc3C3C(CCCCO)C(CCCCO)C=C(C(=NOCC)CC1N(C)C(=O)CCC1CCCC1)C32. The summed E-state index contributed by atoms with van der Waals surface area (Å²) < 4.78 is 31.0. The lowest BCUT2D eigenvalue weighted by molar-refractivity contribution is -0.255. The highest BCUT2D eigenvalue weighted by Gasteiger charge is 2.65. The fourth-order valence-corrected chi connectivity index (χ4v) is 10.1. The van der Waals surface area contributed by atoms with E-state index in [1.807, 2.05) is 31.0 Å². The molecule has 2 aromatic carbocycles. The summed E-state index contributed by atoms with van der Waals surface area (Å²) in [5, 5.41) is 27.3. The number of ether oxygens (including phenoxy) is 5. The number of hydrogen-bond donors (Lipinski definition) is 3. The number of amides is 2. The molecular formula is C47H65N3O10. The second-order valence-corrected chi connectivity index (χ2v) is 16.5. The minimum absolute atomic E-state index is 0.0291. The van der Waals surface area contributed by atoms with Crippen LogP contribution in [0.5, 0.6) is 23.0 Å². The van der Waals surface area contributed by atoms with Crippen LogP contribution in [0.25, 0.3) is 0 Å². The Balaban J connectivity index is 1.46. The monoisotopic (exact) mass is 831 g/mol. The Morgan fingerprint density at radius 3 is 2.45 bits per heavy atom. The molecular weight excluding hydrogens is 767 g/mol. The Labute approximate surface area is 355 Å². The van der Waals surface area contributed by atoms with E-state index in [1.54, 1.807) is 37.5 Å². The van der Waals surface area contributed by atoms with Crippen molar-refractivity contribution in [3.05, 3.63) is 66.3 Å². The Bertz CT molecular complexity index is 1840. The molecule has 0 bridgehead atoms. The van der Waals surface area contributed by atoms with Crippen molar-refractivity contribution >= 4 is 23.4 Å². The molecule has 1 heterocycles. The molecule has 6 unspecified atom stereocenters. The number of unbranched alkanes of at least 4 members (excludes halogenated alkanes) is 2. The van der Waals surface area contributed by atoms with Gasteiger partial charge < -0.3 is 43.6 Å². The normalized spacial score (nSPS) is 25.0. The molecule has 0 aromatic heterocycles. The third-order valence-corrected chi connectivity index (χ3v) is 12.9. The molecule has 3 aliphatic carbocycles. The first-order valence-electron chi connectivity index (χ1n) is 21.9. The first kappa shape index (κ1) is 44.9. The molecule has 0 radical (unpaired) electrons. The highest BCUT2D eigenvalue weighted by Crippen LogP contribution is 2.62. The van der Waals surface area contributed by atoms with Crippen molar-refractivity contribution in [2.45, 2.75) is 108 Å². The van der Waals surface area contributed by atoms with Gasteiger partial charge in [0, 0.05) is 50.7 Å². The maximum Gasteiger partial charge on any atom is 0.417 e. The van der Waals surface area contributed by atoms with Gasteiger partial charge in [0.2, 0.25) is 11.7 Å². The van der Waals surface area contributed by atoms with Crippen molar-refractivity contribution in [1.82, 2.24) is 4.90 Å². The van der Waals surface area contributed by atoms with E-state index in [-0.39, 0.29) is 43.5 Å². The molecule has 4 aliphatic rings. The van der Waals surface area contributed by atoms with E-state index in [4.69, 9.17) is 33.7 Å². The van der Waals surface area contributed by atoms with Gasteiger partial charge in [-0.1, -0.05) is 55.8 Å². The van der Waals surface area contributed by atoms with Gasteiger partial charge in [0.05, 0.1) is 38.1 Å². The van der Waals surface area contributed by atoms with Gasteiger partial charge in [-0.05, 0) is 92.7 Å². The van der Waals surface area contributed by atoms with Gasteiger partial charge in [-0.15, -0.1) is 6.58 Å². The van der Waals surface area contributed by atoms with Gasteiger partial charge in [0.15, 0.2) is 0 Å². The van der Waals surface area contributed by atoms with Gasteiger partial charge in [-0.2, -0.15) is 0 Å². The Morgan fingerprint density at radius 2 is 1.75 bits per heavy atom. The Morgan fingerprint density at radius 1 is 1.00 bits per heavy atom. The smallest absolute Gasteiger partial charge is 0.417 e. The fourth-order valence-electron chi connectivity index (χ4n) is 10.1. The summed E-state index contributed by atoms with van der Waals surface area (Å²) in [6, 6.07) is 9.93. The lowest BCUT2D eigenvalue weighted by Crippen LogP contribution is -2.69. The quantitative estimate of drug-likeness (QED) is 0.0634. The number of allylic oxidation sites excluding steroid dienone is 1. The highest BCUT2D eigenvalue weighted by molar-refractivity contribution is 6.03. The Hall–Kier alpha value is -4.59. The van der Waals surface area contributed by atoms with Gasteiger partial charge in [-0.25, -0.2) is 4.79 Å². The van der Waals surface area contributed by atoms with E-state index in [0.717, 1.165) is 61.8 Å². The number of aliphatic hydroxyl groups is 2. The van der Waals surface area contributed by atoms with Crippen LogP contribution in [-0.4, -0.2) is 92.3 Å². The van der Waals surface area contributed by atoms with Crippen LogP contribution < -0.4 is 24.3 Å². The number of fused-ring (bicyclic) bond motifs is 2. The molecule has 2 fully saturated rings. The standard InChI is InChI=1S/C47H65N3O10/c1-6-26-57-47-42(50(3)43(53)23-18-31-14-8-9-15-31)30-39(49-58-7-2)36-27-32(16-10-12-24-51)35(17-11-13-25-52)44(45(36)47)37-28-34(20-22-40(37)60-47)59-46(54)48-38-21-19-33(55-4)29-41(38)56-5/h6,19-22,27-29,31-32,35,42,44-45,51-52H,1,7-18,23-26,30H2,2-5H3,(H,48,54). The largest absolute Gasteiger partial charge is 0.497 e. The number of carbonyl (C=O) groups excluding carboxylic acids is 2. The number of benzene rings is 2. The summed E-state index contributed by atoms with van der Waals surface area (Å²) in [4.78, 5) is 35.4. The van der Waals surface area contributed by atoms with E-state index in [2.05, 4.69) is 18.0 Å². The van der Waals surface area contributed by atoms with Crippen molar-refractivity contribution < 1.29 is 48.3 Å². The molecule has 0 spiro atoms. The van der Waals surface area contributed by atoms with Crippen LogP contribution in [-0.2, 0) is 14.4 Å². The maximum atomic E-state index is 14.3. The lowest BCUT2D eigenvalue weighted by atomic mass is 9.55. The van der Waals surface area contributed by atoms with Crippen molar-refractivity contribution in [2.24, 2.45) is 28.8 Å². The number of nitrogens with one attached hydrogen (secondary N) is 1. The summed E-state index contributed by atoms with van der Waals surface area (Å²) in [5.41, 5.74) is 2.97. The molecule has 60 heavy (non-hydrogen) atoms. The third kappa shape index (κ3) is 9.95. The van der Waals surface area contributed by atoms with Gasteiger partial charge >= 0.3 is 6.09 Å². The number of likely N-dealkylation sites (N-methyl/N-ethyl adjacent to an activating group) is 1. The summed E-state index contributed by atoms with van der Waals surface area (Å²) in [6.07, 6.45) is 14.2. The number of aliphatic hydroxyl groups excluding tert-OH is 2. The van der Waals surface area contributed by atoms with Crippen molar-refractivity contribution in [1.29, 1.82) is 0 Å². The van der Waals surface area contributed by atoms with Gasteiger partial charge in [0.25, 0.3) is 0 Å². The van der Waals surface area contributed by atoms with Crippen LogP contribution in [0.15, 0.2) is 65.9 Å². The number of anilines is 1. The average Bonchev–Trinajstić information content (AvgIpc) is 3.79. The second kappa shape index (κ2) is 21.3. The Kier molecular flexibility index (Phi) is 15.9. The highest BCUT2D eigenvalue weighted by atomic mass is 16.7. The summed E-state index contributed by atoms with van der Waals surface area (Å²) in [5.74, 6) is 0.544. The molecule has 1 aliphatic heterocycles. The van der Waals surface area contributed by atoms with Crippen LogP contribution in [0.4, 0.5) is 10.5 Å². The molecule has 13 nitrogen and oxygen atoms in total. The van der Waals surface area contributed by atoms with Gasteiger partial charge in [0.1, 0.15) is 35.6 Å². The van der Waals surface area contributed by atoms with E-state index in [0.29, 0.717) is 66.9 Å². The first-order chi connectivity index (χ1) is 29.2. The number of methoxy groups -OCH3 is 2. The van der Waals surface area contributed by atoms with E-state index in [1.165, 1.54) is 20.0 Å². The van der Waals surface area contributed by atoms with Crippen LogP contribution in [0, 0.1) is 23.7 Å². The molecule has 3 N–H and O–H groups in total. The van der Waals surface area contributed by atoms with Crippen LogP contribution in [0.3, 0.4) is 0 Å². The van der Waals surface area contributed by atoms with Crippen LogP contribution >= 0.6 is 0 Å². The zero-order valence-corrected chi connectivity index (χ0v) is 35.9. The molecule has 2 aromatic rings. The second-order valence-electron chi connectivity index (χ2n) is 16.5. The zero-order valence-electron chi connectivity index (χ0n) is 35.9. The molecule has 13 heteroatoms. The van der Waals surface area contributed by atoms with E-state index in [9.17, 15) is 19.8 Å². The molecule has 0 saturated heterocycles. The number of carbonyl (C=O) groups is 2. The number of nitrogens with zero attached hydrogens (tertiary/aromatic N) is 2. The number of hydrogen-bond acceptors (Lipinski definition) is 11. The summed E-state index contributed by atoms with van der Waals surface area (Å²) >= 11 is 0. The number of rotatable bonds is 21. The summed E-state index contributed by atoms with van der Waals surface area (Å²) in [7, 11) is 4.92. The van der Waals surface area contributed by atoms with Crippen LogP contribution in [0.2, 0.25) is 0 Å². The van der Waals surface area contributed by atoms with Crippen molar-refractivity contribution in [3.63, 3.8) is 0 Å². The lowest BCUT2D eigenvalue weighted by Gasteiger charge is -2.59. The molecule has 6 rings (SSSR count). The van der Waals surface area contributed by atoms with Crippen molar-refractivity contribution in [2.75, 3.05) is 53.0 Å².